The van der Waals surface area contributed by atoms with Crippen LogP contribution in [0, 0.1) is 23.2 Å². The molecule has 0 aliphatic heterocycles. The average Bonchev–Trinajstić information content (AvgIpc) is 2.51. The molecule has 2 fully saturated rings. The Morgan fingerprint density at radius 1 is 1.00 bits per heavy atom. The summed E-state index contributed by atoms with van der Waals surface area (Å²) in [6.45, 7) is 12.2. The lowest BCUT2D eigenvalue weighted by Crippen LogP contribution is -2.47. The zero-order valence-electron chi connectivity index (χ0n) is 14.5. The maximum absolute atomic E-state index is 4.10. The Balaban J connectivity index is 1.92. The first-order valence-corrected chi connectivity index (χ1v) is 9.13. The average molecular weight is 280 g/mol. The fourth-order valence-electron chi connectivity index (χ4n) is 4.52. The molecule has 0 spiro atoms. The van der Waals surface area contributed by atoms with Gasteiger partial charge in [0.25, 0.3) is 0 Å². The van der Waals surface area contributed by atoms with E-state index in [1.807, 2.05) is 0 Å². The first-order chi connectivity index (χ1) is 9.37. The third kappa shape index (κ3) is 4.48. The van der Waals surface area contributed by atoms with Crippen LogP contribution in [-0.4, -0.2) is 12.1 Å². The molecule has 2 aliphatic rings. The lowest BCUT2D eigenvalue weighted by Gasteiger charge is -2.40. The Hall–Kier alpha value is -0.0400. The van der Waals surface area contributed by atoms with E-state index in [1.165, 1.54) is 51.4 Å². The molecular formula is C19H37N. The van der Waals surface area contributed by atoms with Crippen molar-refractivity contribution in [3.8, 4) is 0 Å². The van der Waals surface area contributed by atoms with Gasteiger partial charge in [0.15, 0.2) is 0 Å². The molecule has 0 saturated heterocycles. The fraction of sp³-hybridized carbons (Fsp3) is 1.00. The van der Waals surface area contributed by atoms with Crippen LogP contribution in [0.1, 0.15) is 86.0 Å². The molecule has 4 atom stereocenters. The molecule has 2 aliphatic carbocycles. The number of nitrogens with one attached hydrogen (secondary N) is 1. The molecule has 0 radical (unpaired) electrons. The largest absolute Gasteiger partial charge is 0.311 e. The standard InChI is InChI=1S/C19H37N/c1-14(2)17-9-8-15(3)13-18(17)20-16-7-6-11-19(4,5)12-10-16/h14-18,20H,6-13H2,1-5H3. The Kier molecular flexibility index (Phi) is 5.56. The van der Waals surface area contributed by atoms with Gasteiger partial charge in [0, 0.05) is 12.1 Å². The van der Waals surface area contributed by atoms with E-state index in [-0.39, 0.29) is 0 Å². The zero-order chi connectivity index (χ0) is 14.8. The summed E-state index contributed by atoms with van der Waals surface area (Å²) in [5.74, 6) is 2.66. The maximum atomic E-state index is 4.10. The molecule has 4 unspecified atom stereocenters. The molecule has 118 valence electrons. The summed E-state index contributed by atoms with van der Waals surface area (Å²) < 4.78 is 0. The zero-order valence-corrected chi connectivity index (χ0v) is 14.5. The summed E-state index contributed by atoms with van der Waals surface area (Å²) in [4.78, 5) is 0. The summed E-state index contributed by atoms with van der Waals surface area (Å²) in [6.07, 6.45) is 11.3. The highest BCUT2D eigenvalue weighted by Gasteiger charge is 2.33. The van der Waals surface area contributed by atoms with Gasteiger partial charge < -0.3 is 5.32 Å². The van der Waals surface area contributed by atoms with Crippen LogP contribution in [0.5, 0.6) is 0 Å². The summed E-state index contributed by atoms with van der Waals surface area (Å²) in [7, 11) is 0. The second kappa shape index (κ2) is 6.81. The van der Waals surface area contributed by atoms with Crippen LogP contribution >= 0.6 is 0 Å². The number of rotatable bonds is 3. The molecule has 1 nitrogen and oxygen atoms in total. The van der Waals surface area contributed by atoms with Gasteiger partial charge in [-0.05, 0) is 61.7 Å². The molecule has 20 heavy (non-hydrogen) atoms. The molecule has 0 aromatic rings. The van der Waals surface area contributed by atoms with E-state index in [4.69, 9.17) is 0 Å². The lowest BCUT2D eigenvalue weighted by molar-refractivity contribution is 0.155. The summed E-state index contributed by atoms with van der Waals surface area (Å²) >= 11 is 0. The SMILES string of the molecule is CC1CCC(C(C)C)C(NC2CCCC(C)(C)CC2)C1. The van der Waals surface area contributed by atoms with E-state index >= 15 is 0 Å². The summed E-state index contributed by atoms with van der Waals surface area (Å²) in [5, 5.41) is 4.10. The highest BCUT2D eigenvalue weighted by Crippen LogP contribution is 2.37. The Morgan fingerprint density at radius 3 is 2.45 bits per heavy atom. The van der Waals surface area contributed by atoms with E-state index < -0.39 is 0 Å². The minimum absolute atomic E-state index is 0.577. The second-order valence-corrected chi connectivity index (χ2v) is 8.89. The van der Waals surface area contributed by atoms with Gasteiger partial charge in [-0.25, -0.2) is 0 Å². The first kappa shape index (κ1) is 16.3. The smallest absolute Gasteiger partial charge is 0.0103 e. The van der Waals surface area contributed by atoms with Gasteiger partial charge in [0.1, 0.15) is 0 Å². The van der Waals surface area contributed by atoms with Gasteiger partial charge in [0.2, 0.25) is 0 Å². The van der Waals surface area contributed by atoms with E-state index in [2.05, 4.69) is 39.9 Å². The number of hydrogen-bond acceptors (Lipinski definition) is 1. The highest BCUT2D eigenvalue weighted by molar-refractivity contribution is 4.89. The van der Waals surface area contributed by atoms with Gasteiger partial charge in [-0.1, -0.05) is 47.5 Å². The van der Waals surface area contributed by atoms with Crippen LogP contribution in [0.15, 0.2) is 0 Å². The lowest BCUT2D eigenvalue weighted by atomic mass is 9.73. The van der Waals surface area contributed by atoms with Crippen molar-refractivity contribution in [1.82, 2.24) is 5.32 Å². The van der Waals surface area contributed by atoms with Crippen LogP contribution in [0.2, 0.25) is 0 Å². The van der Waals surface area contributed by atoms with Crippen molar-refractivity contribution in [3.63, 3.8) is 0 Å². The van der Waals surface area contributed by atoms with Crippen molar-refractivity contribution in [2.75, 3.05) is 0 Å². The van der Waals surface area contributed by atoms with Gasteiger partial charge in [-0.2, -0.15) is 0 Å². The van der Waals surface area contributed by atoms with Crippen molar-refractivity contribution in [2.45, 2.75) is 98.1 Å². The molecule has 0 aromatic carbocycles. The third-order valence-corrected chi connectivity index (χ3v) is 6.05. The predicted octanol–water partition coefficient (Wildman–Crippen LogP) is 5.40. The topological polar surface area (TPSA) is 12.0 Å². The van der Waals surface area contributed by atoms with Crippen LogP contribution < -0.4 is 5.32 Å². The summed E-state index contributed by atoms with van der Waals surface area (Å²) in [6, 6.07) is 1.57. The Labute approximate surface area is 127 Å². The minimum atomic E-state index is 0.577. The molecule has 1 N–H and O–H groups in total. The van der Waals surface area contributed by atoms with E-state index in [1.54, 1.807) is 0 Å². The van der Waals surface area contributed by atoms with Crippen LogP contribution in [0.3, 0.4) is 0 Å². The molecule has 0 amide bonds. The molecule has 0 aromatic heterocycles. The molecule has 2 rings (SSSR count). The van der Waals surface area contributed by atoms with Crippen molar-refractivity contribution in [1.29, 1.82) is 0 Å². The second-order valence-electron chi connectivity index (χ2n) is 8.89. The summed E-state index contributed by atoms with van der Waals surface area (Å²) in [5.41, 5.74) is 0.577. The molecule has 2 saturated carbocycles. The van der Waals surface area contributed by atoms with Crippen molar-refractivity contribution < 1.29 is 0 Å². The van der Waals surface area contributed by atoms with Crippen LogP contribution in [0.25, 0.3) is 0 Å². The molecular weight excluding hydrogens is 242 g/mol. The third-order valence-electron chi connectivity index (χ3n) is 6.05. The molecule has 0 bridgehead atoms. The van der Waals surface area contributed by atoms with Crippen LogP contribution in [0.4, 0.5) is 0 Å². The quantitative estimate of drug-likeness (QED) is 0.682. The fourth-order valence-corrected chi connectivity index (χ4v) is 4.52. The van der Waals surface area contributed by atoms with E-state index in [9.17, 15) is 0 Å². The maximum Gasteiger partial charge on any atom is 0.0103 e. The van der Waals surface area contributed by atoms with Crippen LogP contribution in [-0.2, 0) is 0 Å². The van der Waals surface area contributed by atoms with Gasteiger partial charge in [-0.3, -0.25) is 0 Å². The van der Waals surface area contributed by atoms with E-state index in [0.29, 0.717) is 5.41 Å². The van der Waals surface area contributed by atoms with Gasteiger partial charge in [-0.15, -0.1) is 0 Å². The Bertz CT molecular complexity index is 294. The van der Waals surface area contributed by atoms with Crippen molar-refractivity contribution in [3.05, 3.63) is 0 Å². The highest BCUT2D eigenvalue weighted by atomic mass is 15.0. The van der Waals surface area contributed by atoms with Gasteiger partial charge in [0.05, 0.1) is 0 Å². The minimum Gasteiger partial charge on any atom is -0.311 e. The normalized spacial score (nSPS) is 38.7. The van der Waals surface area contributed by atoms with E-state index in [0.717, 1.165) is 29.8 Å². The first-order valence-electron chi connectivity index (χ1n) is 9.13. The molecule has 1 heteroatoms. The monoisotopic (exact) mass is 279 g/mol. The van der Waals surface area contributed by atoms with Crippen molar-refractivity contribution in [2.24, 2.45) is 23.2 Å². The molecule has 0 heterocycles. The Morgan fingerprint density at radius 2 is 1.75 bits per heavy atom. The van der Waals surface area contributed by atoms with Crippen molar-refractivity contribution >= 4 is 0 Å². The van der Waals surface area contributed by atoms with Gasteiger partial charge >= 0.3 is 0 Å². The predicted molar refractivity (Wildman–Crippen MR) is 88.9 cm³/mol. The number of hydrogen-bond donors (Lipinski definition) is 1.